The Morgan fingerprint density at radius 2 is 2.33 bits per heavy atom. The van der Waals surface area contributed by atoms with Crippen molar-refractivity contribution in [2.45, 2.75) is 38.6 Å². The monoisotopic (exact) mass is 268 g/mol. The number of carboxylic acids is 1. The smallest absolute Gasteiger partial charge is 0.311 e. The molecule has 1 saturated carbocycles. The van der Waals surface area contributed by atoms with Crippen molar-refractivity contribution in [3.05, 3.63) is 16.6 Å². The molecule has 0 radical (unpaired) electrons. The lowest BCUT2D eigenvalue weighted by molar-refractivity contribution is -0.151. The van der Waals surface area contributed by atoms with Gasteiger partial charge in [-0.25, -0.2) is 0 Å². The molecule has 6 heteroatoms. The topological polar surface area (TPSA) is 79.3 Å². The minimum absolute atomic E-state index is 0.225. The van der Waals surface area contributed by atoms with Gasteiger partial charge in [0.2, 0.25) is 0 Å². The van der Waals surface area contributed by atoms with Crippen LogP contribution in [0.25, 0.3) is 0 Å². The van der Waals surface area contributed by atoms with Crippen molar-refractivity contribution in [3.8, 4) is 0 Å². The second kappa shape index (κ2) is 5.06. The summed E-state index contributed by atoms with van der Waals surface area (Å²) in [4.78, 5) is 27.7. The molecule has 1 heterocycles. The third-order valence-corrected chi connectivity index (χ3v) is 4.43. The largest absolute Gasteiger partial charge is 0.481 e. The summed E-state index contributed by atoms with van der Waals surface area (Å²) in [6, 6.07) is -0.307. The van der Waals surface area contributed by atoms with Gasteiger partial charge in [0.25, 0.3) is 5.91 Å². The Morgan fingerprint density at radius 3 is 2.94 bits per heavy atom. The molecule has 1 aliphatic carbocycles. The molecule has 2 N–H and O–H groups in total. The molecule has 1 aliphatic rings. The standard InChI is InChI=1S/C12H16N2O3S/c1-12(11(16)17)5-3-2-4-9(12)14-10(15)8-6-13-7-18-8/h6-7,9H,2-5H2,1H3,(H,14,15)(H,16,17). The molecule has 0 aromatic carbocycles. The van der Waals surface area contributed by atoms with E-state index >= 15 is 0 Å². The molecule has 1 amide bonds. The second-order valence-electron chi connectivity index (χ2n) is 4.86. The Hall–Kier alpha value is -1.43. The number of amides is 1. The van der Waals surface area contributed by atoms with Crippen molar-refractivity contribution in [2.24, 2.45) is 5.41 Å². The van der Waals surface area contributed by atoms with Crippen LogP contribution in [0.1, 0.15) is 42.3 Å². The van der Waals surface area contributed by atoms with E-state index in [0.29, 0.717) is 17.7 Å². The molecule has 0 saturated heterocycles. The molecule has 1 fully saturated rings. The van der Waals surface area contributed by atoms with Gasteiger partial charge in [0, 0.05) is 6.04 Å². The highest BCUT2D eigenvalue weighted by molar-refractivity contribution is 7.11. The van der Waals surface area contributed by atoms with Gasteiger partial charge in [0.15, 0.2) is 0 Å². The normalized spacial score (nSPS) is 27.7. The van der Waals surface area contributed by atoms with Gasteiger partial charge in [-0.3, -0.25) is 14.6 Å². The Morgan fingerprint density at radius 1 is 1.56 bits per heavy atom. The van der Waals surface area contributed by atoms with Crippen LogP contribution in [0.4, 0.5) is 0 Å². The lowest BCUT2D eigenvalue weighted by Gasteiger charge is -2.38. The Kier molecular flexibility index (Phi) is 3.65. The quantitative estimate of drug-likeness (QED) is 0.877. The summed E-state index contributed by atoms with van der Waals surface area (Å²) >= 11 is 1.26. The summed E-state index contributed by atoms with van der Waals surface area (Å²) in [5, 5.41) is 12.2. The maximum atomic E-state index is 12.0. The summed E-state index contributed by atoms with van der Waals surface area (Å²) in [7, 11) is 0. The van der Waals surface area contributed by atoms with E-state index in [2.05, 4.69) is 10.3 Å². The van der Waals surface area contributed by atoms with Crippen LogP contribution in [0.3, 0.4) is 0 Å². The molecule has 1 aromatic heterocycles. The van der Waals surface area contributed by atoms with Crippen molar-refractivity contribution in [1.29, 1.82) is 0 Å². The molecule has 18 heavy (non-hydrogen) atoms. The molecule has 2 atom stereocenters. The zero-order valence-corrected chi connectivity index (χ0v) is 11.0. The maximum Gasteiger partial charge on any atom is 0.311 e. The van der Waals surface area contributed by atoms with Crippen LogP contribution in [-0.2, 0) is 4.79 Å². The van der Waals surface area contributed by atoms with E-state index in [4.69, 9.17) is 0 Å². The fourth-order valence-corrected chi connectivity index (χ4v) is 2.90. The maximum absolute atomic E-state index is 12.0. The highest BCUT2D eigenvalue weighted by Crippen LogP contribution is 2.36. The van der Waals surface area contributed by atoms with E-state index in [1.54, 1.807) is 12.4 Å². The van der Waals surface area contributed by atoms with Gasteiger partial charge < -0.3 is 10.4 Å². The van der Waals surface area contributed by atoms with Gasteiger partial charge >= 0.3 is 5.97 Å². The fraction of sp³-hybridized carbons (Fsp3) is 0.583. The van der Waals surface area contributed by atoms with Crippen LogP contribution in [0.5, 0.6) is 0 Å². The van der Waals surface area contributed by atoms with Crippen LogP contribution in [0.15, 0.2) is 11.7 Å². The molecular formula is C12H16N2O3S. The average Bonchev–Trinajstić information content (AvgIpc) is 2.85. The van der Waals surface area contributed by atoms with E-state index in [0.717, 1.165) is 12.8 Å². The number of nitrogens with zero attached hydrogens (tertiary/aromatic N) is 1. The molecule has 2 unspecified atom stereocenters. The van der Waals surface area contributed by atoms with Gasteiger partial charge in [0.1, 0.15) is 4.88 Å². The van der Waals surface area contributed by atoms with Gasteiger partial charge in [-0.15, -0.1) is 11.3 Å². The van der Waals surface area contributed by atoms with Crippen LogP contribution in [0, 0.1) is 5.41 Å². The summed E-state index contributed by atoms with van der Waals surface area (Å²) < 4.78 is 0. The number of aromatic nitrogens is 1. The Labute approximate surface area is 109 Å². The number of carbonyl (C=O) groups is 2. The first kappa shape index (κ1) is 13.0. The minimum Gasteiger partial charge on any atom is -0.481 e. The van der Waals surface area contributed by atoms with Crippen molar-refractivity contribution in [2.75, 3.05) is 0 Å². The average molecular weight is 268 g/mol. The van der Waals surface area contributed by atoms with Crippen LogP contribution in [0.2, 0.25) is 0 Å². The number of rotatable bonds is 3. The number of carbonyl (C=O) groups excluding carboxylic acids is 1. The summed E-state index contributed by atoms with van der Waals surface area (Å²) in [5.41, 5.74) is 0.727. The van der Waals surface area contributed by atoms with E-state index in [-0.39, 0.29) is 11.9 Å². The highest BCUT2D eigenvalue weighted by Gasteiger charge is 2.43. The van der Waals surface area contributed by atoms with E-state index in [9.17, 15) is 14.7 Å². The predicted molar refractivity (Wildman–Crippen MR) is 67.6 cm³/mol. The fourth-order valence-electron chi connectivity index (χ4n) is 2.38. The predicted octanol–water partition coefficient (Wildman–Crippen LogP) is 1.91. The first-order chi connectivity index (χ1) is 8.54. The van der Waals surface area contributed by atoms with E-state index in [1.807, 2.05) is 0 Å². The van der Waals surface area contributed by atoms with Gasteiger partial charge in [-0.2, -0.15) is 0 Å². The highest BCUT2D eigenvalue weighted by atomic mass is 32.1. The lowest BCUT2D eigenvalue weighted by Crippen LogP contribution is -2.52. The number of hydrogen-bond acceptors (Lipinski definition) is 4. The number of aliphatic carboxylic acids is 1. The summed E-state index contributed by atoms with van der Waals surface area (Å²) in [6.07, 6.45) is 4.68. The van der Waals surface area contributed by atoms with Crippen molar-refractivity contribution in [1.82, 2.24) is 10.3 Å². The number of hydrogen-bond donors (Lipinski definition) is 2. The molecule has 5 nitrogen and oxygen atoms in total. The second-order valence-corrected chi connectivity index (χ2v) is 5.75. The van der Waals surface area contributed by atoms with Crippen LogP contribution >= 0.6 is 11.3 Å². The number of carboxylic acid groups (broad SMARTS) is 1. The zero-order valence-electron chi connectivity index (χ0n) is 10.2. The summed E-state index contributed by atoms with van der Waals surface area (Å²) in [5.74, 6) is -1.06. The SMILES string of the molecule is CC1(C(=O)O)CCCCC1NC(=O)c1cncs1. The lowest BCUT2D eigenvalue weighted by atomic mass is 9.71. The molecule has 0 bridgehead atoms. The van der Waals surface area contributed by atoms with Crippen molar-refractivity contribution in [3.63, 3.8) is 0 Å². The minimum atomic E-state index is -0.863. The number of nitrogens with one attached hydrogen (secondary N) is 1. The first-order valence-corrected chi connectivity index (χ1v) is 6.85. The summed E-state index contributed by atoms with van der Waals surface area (Å²) in [6.45, 7) is 1.71. The van der Waals surface area contributed by atoms with Crippen molar-refractivity contribution < 1.29 is 14.7 Å². The molecule has 98 valence electrons. The Balaban J connectivity index is 2.11. The van der Waals surface area contributed by atoms with Crippen LogP contribution < -0.4 is 5.32 Å². The first-order valence-electron chi connectivity index (χ1n) is 5.97. The molecule has 0 aliphatic heterocycles. The number of thiazole rings is 1. The zero-order chi connectivity index (χ0) is 13.2. The van der Waals surface area contributed by atoms with Gasteiger partial charge in [-0.1, -0.05) is 12.8 Å². The third-order valence-electron chi connectivity index (χ3n) is 3.66. The van der Waals surface area contributed by atoms with Gasteiger partial charge in [0.05, 0.1) is 17.1 Å². The Bertz CT molecular complexity index is 446. The molecule has 2 rings (SSSR count). The molecule has 1 aromatic rings. The molecule has 0 spiro atoms. The van der Waals surface area contributed by atoms with E-state index < -0.39 is 11.4 Å². The third kappa shape index (κ3) is 2.38. The van der Waals surface area contributed by atoms with Crippen molar-refractivity contribution >= 4 is 23.2 Å². The van der Waals surface area contributed by atoms with Gasteiger partial charge in [-0.05, 0) is 19.8 Å². The van der Waals surface area contributed by atoms with Crippen LogP contribution in [-0.4, -0.2) is 28.0 Å². The molecular weight excluding hydrogens is 252 g/mol. The van der Waals surface area contributed by atoms with E-state index in [1.165, 1.54) is 17.5 Å².